The van der Waals surface area contributed by atoms with Crippen LogP contribution in [0, 0.1) is 0 Å². The van der Waals surface area contributed by atoms with E-state index in [0.717, 1.165) is 24.0 Å². The van der Waals surface area contributed by atoms with E-state index in [1.54, 1.807) is 38.0 Å². The number of anilines is 1. The summed E-state index contributed by atoms with van der Waals surface area (Å²) in [4.78, 5) is 33.6. The first-order chi connectivity index (χ1) is 14.6. The smallest absolute Gasteiger partial charge is 0.269 e. The van der Waals surface area contributed by atoms with Crippen molar-refractivity contribution in [2.24, 2.45) is 0 Å². The first kappa shape index (κ1) is 20.1. The first-order valence-electron chi connectivity index (χ1n) is 10.1. The first-order valence-corrected chi connectivity index (χ1v) is 10.1. The predicted octanol–water partition coefficient (Wildman–Crippen LogP) is 1.45. The van der Waals surface area contributed by atoms with Crippen molar-refractivity contribution in [2.45, 2.75) is 18.9 Å². The molecular formula is C21H26N6O3. The quantitative estimate of drug-likeness (QED) is 0.612. The van der Waals surface area contributed by atoms with E-state index >= 15 is 0 Å². The molecule has 0 spiro atoms. The van der Waals surface area contributed by atoms with Gasteiger partial charge in [0.1, 0.15) is 0 Å². The van der Waals surface area contributed by atoms with Crippen LogP contribution in [-0.2, 0) is 4.74 Å². The second kappa shape index (κ2) is 8.66. The van der Waals surface area contributed by atoms with Crippen molar-refractivity contribution in [3.63, 3.8) is 0 Å². The highest BCUT2D eigenvalue weighted by Gasteiger charge is 2.27. The topological polar surface area (TPSA) is 85.0 Å². The van der Waals surface area contributed by atoms with E-state index in [1.165, 1.54) is 4.68 Å². The Bertz CT molecular complexity index is 1090. The molecule has 3 aromatic rings. The predicted molar refractivity (Wildman–Crippen MR) is 113 cm³/mol. The van der Waals surface area contributed by atoms with Gasteiger partial charge in [-0.2, -0.15) is 5.10 Å². The van der Waals surface area contributed by atoms with Crippen molar-refractivity contribution in [1.82, 2.24) is 24.1 Å². The molecule has 1 aliphatic rings. The third-order valence-electron chi connectivity index (χ3n) is 5.57. The molecule has 0 N–H and O–H groups in total. The van der Waals surface area contributed by atoms with Crippen molar-refractivity contribution in [1.29, 1.82) is 0 Å². The van der Waals surface area contributed by atoms with Crippen LogP contribution in [0.5, 0.6) is 0 Å². The highest BCUT2D eigenvalue weighted by atomic mass is 16.5. The number of aromatic nitrogens is 4. The van der Waals surface area contributed by atoms with Gasteiger partial charge in [0.15, 0.2) is 0 Å². The Morgan fingerprint density at radius 1 is 1.33 bits per heavy atom. The molecule has 9 nitrogen and oxygen atoms in total. The summed E-state index contributed by atoms with van der Waals surface area (Å²) >= 11 is 0. The fraction of sp³-hybridized carbons (Fsp3) is 0.429. The molecule has 0 radical (unpaired) electrons. The number of pyridine rings is 1. The molecule has 4 heterocycles. The lowest BCUT2D eigenvalue weighted by atomic mass is 10.0. The fourth-order valence-corrected chi connectivity index (χ4v) is 3.82. The molecule has 158 valence electrons. The molecule has 1 fully saturated rings. The van der Waals surface area contributed by atoms with Crippen LogP contribution in [-0.4, -0.2) is 70.4 Å². The van der Waals surface area contributed by atoms with Crippen LogP contribution in [0.4, 0.5) is 5.69 Å². The summed E-state index contributed by atoms with van der Waals surface area (Å²) in [5.74, 6) is -0.0348. The number of imidazole rings is 1. The Kier molecular flexibility index (Phi) is 5.80. The third kappa shape index (κ3) is 4.06. The van der Waals surface area contributed by atoms with Gasteiger partial charge >= 0.3 is 0 Å². The number of piperidine rings is 1. The van der Waals surface area contributed by atoms with Crippen molar-refractivity contribution in [3.8, 4) is 0 Å². The van der Waals surface area contributed by atoms with E-state index in [4.69, 9.17) is 4.74 Å². The van der Waals surface area contributed by atoms with Crippen LogP contribution < -0.4 is 10.5 Å². The van der Waals surface area contributed by atoms with Gasteiger partial charge in [-0.3, -0.25) is 9.59 Å². The van der Waals surface area contributed by atoms with Gasteiger partial charge in [-0.1, -0.05) is 0 Å². The van der Waals surface area contributed by atoms with Gasteiger partial charge in [-0.05, 0) is 25.0 Å². The second-order valence-corrected chi connectivity index (χ2v) is 7.60. The van der Waals surface area contributed by atoms with Gasteiger partial charge < -0.3 is 18.9 Å². The number of likely N-dealkylation sites (N-methyl/N-ethyl adjacent to an activating group) is 1. The highest BCUT2D eigenvalue weighted by Crippen LogP contribution is 2.22. The largest absolute Gasteiger partial charge is 0.383 e. The summed E-state index contributed by atoms with van der Waals surface area (Å²) in [5, 5.41) is 4.40. The van der Waals surface area contributed by atoms with Gasteiger partial charge in [0.05, 0.1) is 42.6 Å². The summed E-state index contributed by atoms with van der Waals surface area (Å²) in [7, 11) is 3.55. The Hall–Kier alpha value is -3.20. The zero-order valence-electron chi connectivity index (χ0n) is 17.3. The molecule has 1 amide bonds. The SMILES string of the molecule is COCCN(C)c1cnn(C2CCCN(C(=O)c3ccn4cncc4c3)C2)c(=O)c1. The van der Waals surface area contributed by atoms with E-state index in [2.05, 4.69) is 10.1 Å². The average Bonchev–Trinajstić information content (AvgIpc) is 3.25. The Morgan fingerprint density at radius 2 is 2.20 bits per heavy atom. The van der Waals surface area contributed by atoms with Crippen molar-refractivity contribution in [2.75, 3.05) is 45.3 Å². The number of likely N-dealkylation sites (tertiary alicyclic amines) is 1. The average molecular weight is 410 g/mol. The van der Waals surface area contributed by atoms with Crippen molar-refractivity contribution < 1.29 is 9.53 Å². The van der Waals surface area contributed by atoms with Gasteiger partial charge in [0.2, 0.25) is 0 Å². The third-order valence-corrected chi connectivity index (χ3v) is 5.57. The zero-order valence-corrected chi connectivity index (χ0v) is 17.3. The maximum atomic E-state index is 13.0. The van der Waals surface area contributed by atoms with Crippen LogP contribution >= 0.6 is 0 Å². The van der Waals surface area contributed by atoms with Gasteiger partial charge in [0.25, 0.3) is 11.5 Å². The van der Waals surface area contributed by atoms with E-state index < -0.39 is 0 Å². The summed E-state index contributed by atoms with van der Waals surface area (Å²) in [6.45, 7) is 2.39. The minimum Gasteiger partial charge on any atom is -0.383 e. The number of fused-ring (bicyclic) bond motifs is 1. The maximum Gasteiger partial charge on any atom is 0.269 e. The number of ether oxygens (including phenoxy) is 1. The molecule has 1 unspecified atom stereocenters. The molecule has 30 heavy (non-hydrogen) atoms. The molecule has 9 heteroatoms. The standard InChI is InChI=1S/C21H26N6O3/c1-24(8-9-30-2)18-11-20(28)27(23-13-18)17-4-3-6-25(14-17)21(29)16-5-7-26-15-22-12-19(26)10-16/h5,7,10-13,15,17H,3-4,6,8-9,14H2,1-2H3. The molecule has 4 rings (SSSR count). The zero-order chi connectivity index (χ0) is 21.1. The maximum absolute atomic E-state index is 13.0. The minimum atomic E-state index is -0.156. The monoisotopic (exact) mass is 410 g/mol. The highest BCUT2D eigenvalue weighted by molar-refractivity contribution is 5.95. The fourth-order valence-electron chi connectivity index (χ4n) is 3.82. The van der Waals surface area contributed by atoms with Gasteiger partial charge in [-0.15, -0.1) is 0 Å². The van der Waals surface area contributed by atoms with Crippen LogP contribution in [0.25, 0.3) is 5.52 Å². The van der Waals surface area contributed by atoms with E-state index in [1.807, 2.05) is 33.5 Å². The molecule has 3 aromatic heterocycles. The minimum absolute atomic E-state index is 0.0348. The number of nitrogens with zero attached hydrogens (tertiary/aromatic N) is 6. The molecule has 1 saturated heterocycles. The molecular weight excluding hydrogens is 384 g/mol. The van der Waals surface area contributed by atoms with E-state index in [9.17, 15) is 9.59 Å². The van der Waals surface area contributed by atoms with Crippen LogP contribution in [0.2, 0.25) is 0 Å². The van der Waals surface area contributed by atoms with Crippen molar-refractivity contribution >= 4 is 17.1 Å². The lowest BCUT2D eigenvalue weighted by Gasteiger charge is -2.33. The van der Waals surface area contributed by atoms with E-state index in [-0.39, 0.29) is 17.5 Å². The number of methoxy groups -OCH3 is 1. The number of rotatable bonds is 6. The number of hydrogen-bond donors (Lipinski definition) is 0. The van der Waals surface area contributed by atoms with Crippen molar-refractivity contribution in [3.05, 3.63) is 59.0 Å². The second-order valence-electron chi connectivity index (χ2n) is 7.60. The lowest BCUT2D eigenvalue weighted by Crippen LogP contribution is -2.43. The summed E-state index contributed by atoms with van der Waals surface area (Å²) in [6, 6.07) is 5.10. The van der Waals surface area contributed by atoms with Gasteiger partial charge in [0, 0.05) is 51.6 Å². The molecule has 0 bridgehead atoms. The van der Waals surface area contributed by atoms with Crippen LogP contribution in [0.1, 0.15) is 29.2 Å². The molecule has 0 aromatic carbocycles. The molecule has 1 atom stereocenters. The Balaban J connectivity index is 1.49. The van der Waals surface area contributed by atoms with Gasteiger partial charge in [-0.25, -0.2) is 9.67 Å². The number of carbonyl (C=O) groups is 1. The summed E-state index contributed by atoms with van der Waals surface area (Å²) < 4.78 is 8.46. The number of hydrogen-bond acceptors (Lipinski definition) is 6. The Morgan fingerprint density at radius 3 is 3.00 bits per heavy atom. The number of carbonyl (C=O) groups excluding carboxylic acids is 1. The summed E-state index contributed by atoms with van der Waals surface area (Å²) in [5.41, 5.74) is 2.10. The lowest BCUT2D eigenvalue weighted by molar-refractivity contribution is 0.0670. The van der Waals surface area contributed by atoms with E-state index in [0.29, 0.717) is 31.8 Å². The molecule has 0 saturated carbocycles. The normalized spacial score (nSPS) is 16.7. The molecule has 0 aliphatic carbocycles. The van der Waals surface area contributed by atoms with Crippen LogP contribution in [0.3, 0.4) is 0 Å². The number of amides is 1. The Labute approximate surface area is 174 Å². The van der Waals surface area contributed by atoms with Crippen LogP contribution in [0.15, 0.2) is 47.9 Å². The molecule has 1 aliphatic heterocycles. The summed E-state index contributed by atoms with van der Waals surface area (Å²) in [6.07, 6.45) is 8.61.